The molecule has 3 nitrogen and oxygen atoms in total. The highest BCUT2D eigenvalue weighted by molar-refractivity contribution is 5.78. The molecule has 0 spiro atoms. The molecule has 0 N–H and O–H groups in total. The number of fused-ring (bicyclic) bond motifs is 1. The third kappa shape index (κ3) is 4.53. The van der Waals surface area contributed by atoms with Gasteiger partial charge in [0.15, 0.2) is 11.5 Å². The number of benzene rings is 1. The Morgan fingerprint density at radius 3 is 2.23 bits per heavy atom. The molecule has 1 unspecified atom stereocenters. The van der Waals surface area contributed by atoms with E-state index in [9.17, 15) is 9.18 Å². The molecule has 0 saturated heterocycles. The Balaban J connectivity index is 1.33. The maximum Gasteiger partial charge on any atom is 0.315 e. The molecule has 0 amide bonds. The van der Waals surface area contributed by atoms with Gasteiger partial charge in [-0.1, -0.05) is 38.7 Å². The summed E-state index contributed by atoms with van der Waals surface area (Å²) in [6.07, 6.45) is 13.6. The Morgan fingerprint density at radius 1 is 0.967 bits per heavy atom. The van der Waals surface area contributed by atoms with Gasteiger partial charge in [-0.05, 0) is 87.2 Å². The molecule has 3 aliphatic rings. The van der Waals surface area contributed by atoms with Crippen LogP contribution in [0, 0.1) is 35.4 Å². The van der Waals surface area contributed by atoms with Crippen LogP contribution in [-0.4, -0.2) is 12.6 Å². The zero-order valence-corrected chi connectivity index (χ0v) is 18.6. The van der Waals surface area contributed by atoms with Gasteiger partial charge < -0.3 is 9.47 Å². The van der Waals surface area contributed by atoms with E-state index in [1.165, 1.54) is 51.4 Å². The van der Waals surface area contributed by atoms with Crippen LogP contribution in [0.2, 0.25) is 0 Å². The molecule has 4 heteroatoms. The van der Waals surface area contributed by atoms with Gasteiger partial charge in [0, 0.05) is 0 Å². The summed E-state index contributed by atoms with van der Waals surface area (Å²) >= 11 is 0. The first-order chi connectivity index (χ1) is 14.6. The van der Waals surface area contributed by atoms with E-state index in [4.69, 9.17) is 9.47 Å². The summed E-state index contributed by atoms with van der Waals surface area (Å²) in [5.74, 6) is 2.39. The summed E-state index contributed by atoms with van der Waals surface area (Å²) in [5.41, 5.74) is 0.803. The van der Waals surface area contributed by atoms with Crippen LogP contribution in [0.4, 0.5) is 4.39 Å². The molecular weight excluding hydrogens is 379 g/mol. The fourth-order valence-electron chi connectivity index (χ4n) is 6.35. The van der Waals surface area contributed by atoms with E-state index in [1.54, 1.807) is 6.07 Å². The largest absolute Gasteiger partial charge is 0.491 e. The van der Waals surface area contributed by atoms with Gasteiger partial charge in [0.1, 0.15) is 0 Å². The highest BCUT2D eigenvalue weighted by Gasteiger charge is 2.39. The molecule has 1 atom stereocenters. The Bertz CT molecular complexity index is 730. The minimum Gasteiger partial charge on any atom is -0.491 e. The summed E-state index contributed by atoms with van der Waals surface area (Å²) < 4.78 is 25.4. The fourth-order valence-corrected chi connectivity index (χ4v) is 6.35. The second kappa shape index (κ2) is 9.70. The minimum atomic E-state index is -0.538. The van der Waals surface area contributed by atoms with Crippen molar-refractivity contribution < 1.29 is 18.7 Å². The predicted molar refractivity (Wildman–Crippen MR) is 116 cm³/mol. The van der Waals surface area contributed by atoms with Crippen LogP contribution in [0.5, 0.6) is 11.5 Å². The van der Waals surface area contributed by atoms with Crippen LogP contribution in [-0.2, 0) is 11.2 Å². The Kier molecular flexibility index (Phi) is 7.00. The second-order valence-corrected chi connectivity index (χ2v) is 9.77. The summed E-state index contributed by atoms with van der Waals surface area (Å²) in [5, 5.41) is 0. The molecule has 0 aromatic heterocycles. The first-order valence-electron chi connectivity index (χ1n) is 12.3. The zero-order chi connectivity index (χ0) is 21.1. The van der Waals surface area contributed by atoms with Gasteiger partial charge in [-0.2, -0.15) is 4.39 Å². The van der Waals surface area contributed by atoms with E-state index < -0.39 is 5.82 Å². The lowest BCUT2D eigenvalue weighted by atomic mass is 9.66. The summed E-state index contributed by atoms with van der Waals surface area (Å²) in [6.45, 7) is 4.50. The highest BCUT2D eigenvalue weighted by atomic mass is 19.1. The lowest BCUT2D eigenvalue weighted by Gasteiger charge is -2.40. The van der Waals surface area contributed by atoms with Gasteiger partial charge in [0.25, 0.3) is 0 Å². The number of halogens is 1. The maximum atomic E-state index is 14.6. The molecule has 1 aliphatic heterocycles. The lowest BCUT2D eigenvalue weighted by molar-refractivity contribution is -0.143. The van der Waals surface area contributed by atoms with Gasteiger partial charge in [0.05, 0.1) is 12.5 Å². The Hall–Kier alpha value is -1.58. The minimum absolute atomic E-state index is 0.0831. The quantitative estimate of drug-likeness (QED) is 0.382. The van der Waals surface area contributed by atoms with E-state index in [0.29, 0.717) is 18.9 Å². The van der Waals surface area contributed by atoms with Crippen molar-refractivity contribution in [2.45, 2.75) is 84.5 Å². The average molecular weight is 417 g/mol. The average Bonchev–Trinajstić information content (AvgIpc) is 2.77. The first kappa shape index (κ1) is 21.6. The third-order valence-corrected chi connectivity index (χ3v) is 8.03. The van der Waals surface area contributed by atoms with Gasteiger partial charge in [-0.25, -0.2) is 0 Å². The van der Waals surface area contributed by atoms with Crippen molar-refractivity contribution in [3.05, 3.63) is 23.5 Å². The smallest absolute Gasteiger partial charge is 0.315 e. The molecule has 30 heavy (non-hydrogen) atoms. The molecule has 1 heterocycles. The lowest BCUT2D eigenvalue weighted by Crippen LogP contribution is -2.36. The third-order valence-electron chi connectivity index (χ3n) is 8.03. The molecule has 2 aliphatic carbocycles. The van der Waals surface area contributed by atoms with Crippen molar-refractivity contribution in [1.82, 2.24) is 0 Å². The zero-order valence-electron chi connectivity index (χ0n) is 18.6. The number of carbonyl (C=O) groups excluding carboxylic acids is 1. The van der Waals surface area contributed by atoms with Crippen molar-refractivity contribution in [2.75, 3.05) is 6.61 Å². The van der Waals surface area contributed by atoms with Crippen molar-refractivity contribution in [3.63, 3.8) is 0 Å². The van der Waals surface area contributed by atoms with Crippen LogP contribution in [0.1, 0.15) is 83.6 Å². The summed E-state index contributed by atoms with van der Waals surface area (Å²) in [6, 6.07) is 3.53. The monoisotopic (exact) mass is 416 g/mol. The molecule has 1 aromatic carbocycles. The maximum absolute atomic E-state index is 14.6. The Morgan fingerprint density at radius 2 is 1.60 bits per heavy atom. The number of rotatable bonds is 6. The van der Waals surface area contributed by atoms with Crippen LogP contribution in [0.15, 0.2) is 12.1 Å². The van der Waals surface area contributed by atoms with Crippen molar-refractivity contribution in [3.8, 4) is 11.5 Å². The van der Waals surface area contributed by atoms with Gasteiger partial charge in [-0.15, -0.1) is 0 Å². The standard InChI is InChI=1S/C26H37FO3/c1-3-5-17-6-8-18(9-7-17)19-10-12-20(13-11-19)22-16-21-14-15-23(29-4-2)24(27)25(21)30-26(22)28/h14-15,17-20,22H,3-13,16H2,1-2H3. The van der Waals surface area contributed by atoms with E-state index in [0.717, 1.165) is 36.2 Å². The number of hydrogen-bond donors (Lipinski definition) is 0. The van der Waals surface area contributed by atoms with E-state index in [2.05, 4.69) is 6.92 Å². The molecule has 2 fully saturated rings. The van der Waals surface area contributed by atoms with Gasteiger partial charge >= 0.3 is 5.97 Å². The van der Waals surface area contributed by atoms with Crippen LogP contribution >= 0.6 is 0 Å². The SMILES string of the molecule is CCCC1CCC(C2CCC(C3Cc4ccc(OCC)c(F)c4OC3=O)CC2)CC1. The molecule has 1 aromatic rings. The van der Waals surface area contributed by atoms with Crippen molar-refractivity contribution >= 4 is 5.97 Å². The topological polar surface area (TPSA) is 35.5 Å². The molecule has 0 radical (unpaired) electrons. The number of ether oxygens (including phenoxy) is 2. The van der Waals surface area contributed by atoms with Gasteiger partial charge in [-0.3, -0.25) is 4.79 Å². The number of esters is 1. The molecule has 4 rings (SSSR count). The van der Waals surface area contributed by atoms with E-state index >= 15 is 0 Å². The number of hydrogen-bond acceptors (Lipinski definition) is 3. The summed E-state index contributed by atoms with van der Waals surface area (Å²) in [4.78, 5) is 12.7. The van der Waals surface area contributed by atoms with Crippen LogP contribution in [0.25, 0.3) is 0 Å². The van der Waals surface area contributed by atoms with Crippen LogP contribution < -0.4 is 9.47 Å². The molecular formula is C26H37FO3. The molecule has 2 saturated carbocycles. The summed E-state index contributed by atoms with van der Waals surface area (Å²) in [7, 11) is 0. The normalized spacial score (nSPS) is 31.7. The molecule has 166 valence electrons. The molecule has 0 bridgehead atoms. The van der Waals surface area contributed by atoms with E-state index in [-0.39, 0.29) is 23.4 Å². The predicted octanol–water partition coefficient (Wildman–Crippen LogP) is 6.72. The number of carbonyl (C=O) groups is 1. The van der Waals surface area contributed by atoms with E-state index in [1.807, 2.05) is 13.0 Å². The first-order valence-corrected chi connectivity index (χ1v) is 12.3. The Labute approximate surface area is 180 Å². The highest BCUT2D eigenvalue weighted by Crippen LogP contribution is 2.46. The fraction of sp³-hybridized carbons (Fsp3) is 0.731. The van der Waals surface area contributed by atoms with Crippen molar-refractivity contribution in [2.24, 2.45) is 29.6 Å². The second-order valence-electron chi connectivity index (χ2n) is 9.77. The van der Waals surface area contributed by atoms with Gasteiger partial charge in [0.2, 0.25) is 5.82 Å². The van der Waals surface area contributed by atoms with Crippen LogP contribution in [0.3, 0.4) is 0 Å². The van der Waals surface area contributed by atoms with Crippen molar-refractivity contribution in [1.29, 1.82) is 0 Å².